The summed E-state index contributed by atoms with van der Waals surface area (Å²) in [7, 11) is 0. The largest absolute Gasteiger partial charge is 0.382 e. The first-order valence-corrected chi connectivity index (χ1v) is 8.07. The van der Waals surface area contributed by atoms with Crippen LogP contribution in [0.2, 0.25) is 0 Å². The SMILES string of the molecule is CC1CCCC(C)C1Nc1cccc(N2CCNC2=O)c1. The number of hydrogen-bond donors (Lipinski definition) is 2. The van der Waals surface area contributed by atoms with Crippen molar-refractivity contribution in [1.29, 1.82) is 0 Å². The number of anilines is 2. The van der Waals surface area contributed by atoms with Crippen LogP contribution in [0.5, 0.6) is 0 Å². The minimum atomic E-state index is 0.00607. The highest BCUT2D eigenvalue weighted by molar-refractivity contribution is 5.94. The van der Waals surface area contributed by atoms with Crippen molar-refractivity contribution < 1.29 is 4.79 Å². The van der Waals surface area contributed by atoms with Gasteiger partial charge in [0, 0.05) is 30.5 Å². The number of amides is 2. The number of nitrogens with one attached hydrogen (secondary N) is 2. The lowest BCUT2D eigenvalue weighted by molar-refractivity contribution is 0.252. The second kappa shape index (κ2) is 5.96. The highest BCUT2D eigenvalue weighted by Gasteiger charge is 2.28. The van der Waals surface area contributed by atoms with Crippen LogP contribution in [0, 0.1) is 11.8 Å². The van der Waals surface area contributed by atoms with E-state index in [1.807, 2.05) is 12.1 Å². The molecule has 2 atom stereocenters. The van der Waals surface area contributed by atoms with Gasteiger partial charge in [0.15, 0.2) is 0 Å². The van der Waals surface area contributed by atoms with E-state index in [1.165, 1.54) is 19.3 Å². The Balaban J connectivity index is 1.75. The van der Waals surface area contributed by atoms with Gasteiger partial charge >= 0.3 is 6.03 Å². The average Bonchev–Trinajstić information content (AvgIpc) is 2.90. The Morgan fingerprint density at radius 1 is 1.24 bits per heavy atom. The molecular formula is C17H25N3O. The predicted molar refractivity (Wildman–Crippen MR) is 86.8 cm³/mol. The van der Waals surface area contributed by atoms with Crippen LogP contribution in [0.25, 0.3) is 0 Å². The van der Waals surface area contributed by atoms with Gasteiger partial charge in [-0.3, -0.25) is 4.90 Å². The van der Waals surface area contributed by atoms with Gasteiger partial charge in [-0.1, -0.05) is 26.3 Å². The van der Waals surface area contributed by atoms with E-state index in [4.69, 9.17) is 0 Å². The summed E-state index contributed by atoms with van der Waals surface area (Å²) in [6.45, 7) is 6.15. The van der Waals surface area contributed by atoms with Crippen molar-refractivity contribution >= 4 is 17.4 Å². The van der Waals surface area contributed by atoms with Gasteiger partial charge in [0.25, 0.3) is 0 Å². The molecule has 1 aromatic carbocycles. The standard InChI is InChI=1S/C17H25N3O/c1-12-5-3-6-13(2)16(12)19-14-7-4-8-15(11-14)20-10-9-18-17(20)21/h4,7-8,11-13,16,19H,3,5-6,9-10H2,1-2H3,(H,18,21). The van der Waals surface area contributed by atoms with Gasteiger partial charge in [-0.2, -0.15) is 0 Å². The predicted octanol–water partition coefficient (Wildman–Crippen LogP) is 3.45. The molecule has 0 bridgehead atoms. The third-order valence-electron chi connectivity index (χ3n) is 4.89. The van der Waals surface area contributed by atoms with Crippen LogP contribution in [0.1, 0.15) is 33.1 Å². The number of urea groups is 1. The summed E-state index contributed by atoms with van der Waals surface area (Å²) in [5, 5.41) is 6.55. The highest BCUT2D eigenvalue weighted by Crippen LogP contribution is 2.32. The molecule has 0 spiro atoms. The van der Waals surface area contributed by atoms with Gasteiger partial charge in [-0.25, -0.2) is 4.79 Å². The van der Waals surface area contributed by atoms with Crippen molar-refractivity contribution in [3.05, 3.63) is 24.3 Å². The zero-order valence-corrected chi connectivity index (χ0v) is 12.9. The van der Waals surface area contributed by atoms with E-state index in [2.05, 4.69) is 36.6 Å². The van der Waals surface area contributed by atoms with Crippen LogP contribution in [0.4, 0.5) is 16.2 Å². The normalized spacial score (nSPS) is 29.3. The summed E-state index contributed by atoms with van der Waals surface area (Å²) in [6.07, 6.45) is 3.95. The van der Waals surface area contributed by atoms with Crippen LogP contribution >= 0.6 is 0 Å². The zero-order chi connectivity index (χ0) is 14.8. The molecule has 4 nitrogen and oxygen atoms in total. The van der Waals surface area contributed by atoms with Crippen molar-refractivity contribution in [1.82, 2.24) is 5.32 Å². The van der Waals surface area contributed by atoms with E-state index in [1.54, 1.807) is 4.90 Å². The fourth-order valence-corrected chi connectivity index (χ4v) is 3.64. The maximum absolute atomic E-state index is 11.8. The first-order valence-electron chi connectivity index (χ1n) is 8.07. The molecule has 1 aliphatic heterocycles. The van der Waals surface area contributed by atoms with Gasteiger partial charge in [-0.05, 0) is 42.9 Å². The van der Waals surface area contributed by atoms with Crippen LogP contribution < -0.4 is 15.5 Å². The Morgan fingerprint density at radius 3 is 2.67 bits per heavy atom. The molecule has 2 aliphatic rings. The Morgan fingerprint density at radius 2 is 2.00 bits per heavy atom. The molecule has 1 saturated heterocycles. The van der Waals surface area contributed by atoms with E-state index >= 15 is 0 Å². The minimum Gasteiger partial charge on any atom is -0.382 e. The van der Waals surface area contributed by atoms with Crippen molar-refractivity contribution in [3.63, 3.8) is 0 Å². The molecule has 0 aromatic heterocycles. The van der Waals surface area contributed by atoms with Gasteiger partial charge in [-0.15, -0.1) is 0 Å². The number of carbonyl (C=O) groups excluding carboxylic acids is 1. The molecule has 0 radical (unpaired) electrons. The van der Waals surface area contributed by atoms with Crippen LogP contribution in [0.3, 0.4) is 0 Å². The molecule has 2 fully saturated rings. The molecule has 21 heavy (non-hydrogen) atoms. The van der Waals surface area contributed by atoms with Crippen LogP contribution in [0.15, 0.2) is 24.3 Å². The van der Waals surface area contributed by atoms with Crippen molar-refractivity contribution in [2.45, 2.75) is 39.2 Å². The first-order chi connectivity index (χ1) is 10.1. The second-order valence-electron chi connectivity index (χ2n) is 6.49. The second-order valence-corrected chi connectivity index (χ2v) is 6.49. The van der Waals surface area contributed by atoms with E-state index in [0.29, 0.717) is 17.9 Å². The van der Waals surface area contributed by atoms with E-state index in [0.717, 1.165) is 24.5 Å². The number of rotatable bonds is 3. The molecule has 1 saturated carbocycles. The molecule has 1 aliphatic carbocycles. The van der Waals surface area contributed by atoms with Crippen molar-refractivity contribution in [3.8, 4) is 0 Å². The monoisotopic (exact) mass is 287 g/mol. The molecule has 1 heterocycles. The van der Waals surface area contributed by atoms with Gasteiger partial charge < -0.3 is 10.6 Å². The molecule has 114 valence electrons. The lowest BCUT2D eigenvalue weighted by atomic mass is 9.78. The van der Waals surface area contributed by atoms with E-state index in [9.17, 15) is 4.79 Å². The molecule has 1 aromatic rings. The summed E-state index contributed by atoms with van der Waals surface area (Å²) < 4.78 is 0. The molecule has 4 heteroatoms. The Kier molecular flexibility index (Phi) is 4.04. The van der Waals surface area contributed by atoms with Gasteiger partial charge in [0.2, 0.25) is 0 Å². The Labute approximate surface area is 126 Å². The van der Waals surface area contributed by atoms with Gasteiger partial charge in [0.1, 0.15) is 0 Å². The molecule has 2 N–H and O–H groups in total. The summed E-state index contributed by atoms with van der Waals surface area (Å²) in [6, 6.07) is 8.77. The Hall–Kier alpha value is -1.71. The average molecular weight is 287 g/mol. The third-order valence-corrected chi connectivity index (χ3v) is 4.89. The number of carbonyl (C=O) groups is 1. The molecular weight excluding hydrogens is 262 g/mol. The topological polar surface area (TPSA) is 44.4 Å². The molecule has 2 amide bonds. The van der Waals surface area contributed by atoms with E-state index < -0.39 is 0 Å². The minimum absolute atomic E-state index is 0.00607. The molecule has 2 unspecified atom stereocenters. The zero-order valence-electron chi connectivity index (χ0n) is 12.9. The lowest BCUT2D eigenvalue weighted by Crippen LogP contribution is -2.37. The quantitative estimate of drug-likeness (QED) is 0.894. The smallest absolute Gasteiger partial charge is 0.321 e. The lowest BCUT2D eigenvalue weighted by Gasteiger charge is -2.36. The highest BCUT2D eigenvalue weighted by atomic mass is 16.2. The van der Waals surface area contributed by atoms with Crippen molar-refractivity contribution in [2.24, 2.45) is 11.8 Å². The van der Waals surface area contributed by atoms with Crippen molar-refractivity contribution in [2.75, 3.05) is 23.3 Å². The maximum Gasteiger partial charge on any atom is 0.321 e. The fourth-order valence-electron chi connectivity index (χ4n) is 3.64. The summed E-state index contributed by atoms with van der Waals surface area (Å²) >= 11 is 0. The summed E-state index contributed by atoms with van der Waals surface area (Å²) in [4.78, 5) is 13.6. The summed E-state index contributed by atoms with van der Waals surface area (Å²) in [5.41, 5.74) is 2.10. The van der Waals surface area contributed by atoms with Crippen LogP contribution in [-0.2, 0) is 0 Å². The van der Waals surface area contributed by atoms with Gasteiger partial charge in [0.05, 0.1) is 0 Å². The van der Waals surface area contributed by atoms with Crippen LogP contribution in [-0.4, -0.2) is 25.2 Å². The summed E-state index contributed by atoms with van der Waals surface area (Å²) in [5.74, 6) is 1.40. The number of nitrogens with zero attached hydrogens (tertiary/aromatic N) is 1. The first kappa shape index (κ1) is 14.2. The fraction of sp³-hybridized carbons (Fsp3) is 0.588. The van der Waals surface area contributed by atoms with E-state index in [-0.39, 0.29) is 6.03 Å². The number of hydrogen-bond acceptors (Lipinski definition) is 2. The number of benzene rings is 1. The Bertz CT molecular complexity index is 507. The third kappa shape index (κ3) is 2.99. The maximum atomic E-state index is 11.8. The molecule has 3 rings (SSSR count).